The maximum Gasteiger partial charge on any atom is 0.241 e. The van der Waals surface area contributed by atoms with Gasteiger partial charge in [-0.2, -0.15) is 0 Å². The largest absolute Gasteiger partial charge is 0.497 e. The van der Waals surface area contributed by atoms with Crippen molar-refractivity contribution in [3.8, 4) is 11.5 Å². The maximum atomic E-state index is 13.4. The molecule has 53 heavy (non-hydrogen) atoms. The number of ether oxygens (including phenoxy) is 2. The number of pyridine rings is 2. The van der Waals surface area contributed by atoms with Crippen molar-refractivity contribution in [1.29, 1.82) is 0 Å². The average molecular weight is 757 g/mol. The minimum atomic E-state index is -0.707. The van der Waals surface area contributed by atoms with Crippen molar-refractivity contribution in [2.45, 2.75) is 32.2 Å². The Labute approximate surface area is 318 Å². The highest BCUT2D eigenvalue weighted by Crippen LogP contribution is 2.35. The van der Waals surface area contributed by atoms with E-state index in [0.717, 1.165) is 79.3 Å². The fraction of sp³-hybridized carbons (Fsp3) is 0.300. The fourth-order valence-electron chi connectivity index (χ4n) is 6.35. The van der Waals surface area contributed by atoms with Crippen LogP contribution in [0.25, 0.3) is 43.6 Å². The minimum absolute atomic E-state index is 0.119. The molecular formula is C40H43Cl2N7O4. The number of carbonyl (C=O) groups is 2. The van der Waals surface area contributed by atoms with Crippen molar-refractivity contribution in [1.82, 2.24) is 20.2 Å². The highest BCUT2D eigenvalue weighted by atomic mass is 35.5. The van der Waals surface area contributed by atoms with E-state index in [0.29, 0.717) is 42.6 Å². The Hall–Kier alpha value is -5.10. The zero-order valence-electron chi connectivity index (χ0n) is 30.0. The number of halogens is 2. The molecule has 2 amide bonds. The number of unbranched alkanes of at least 4 members (excludes halogenated alkanes) is 1. The number of hydrogen-bond donors (Lipinski definition) is 4. The van der Waals surface area contributed by atoms with Gasteiger partial charge in [0.05, 0.1) is 60.2 Å². The number of hydrogen-bond acceptors (Lipinski definition) is 9. The first kappa shape index (κ1) is 37.7. The molecule has 5 N–H and O–H groups in total. The van der Waals surface area contributed by atoms with Crippen LogP contribution in [0.4, 0.5) is 11.4 Å². The zero-order valence-corrected chi connectivity index (χ0v) is 31.5. The smallest absolute Gasteiger partial charge is 0.241 e. The molecule has 0 aliphatic rings. The van der Waals surface area contributed by atoms with Gasteiger partial charge in [-0.3, -0.25) is 9.59 Å². The van der Waals surface area contributed by atoms with Crippen LogP contribution in [0.2, 0.25) is 10.0 Å². The molecule has 13 heteroatoms. The third-order valence-electron chi connectivity index (χ3n) is 9.13. The van der Waals surface area contributed by atoms with Gasteiger partial charge in [-0.05, 0) is 99.0 Å². The number of fused-ring (bicyclic) bond motifs is 4. The van der Waals surface area contributed by atoms with Crippen molar-refractivity contribution < 1.29 is 19.1 Å². The Balaban J connectivity index is 1.13. The van der Waals surface area contributed by atoms with Crippen LogP contribution in [0.1, 0.15) is 26.2 Å². The number of amides is 2. The Morgan fingerprint density at radius 3 is 1.72 bits per heavy atom. The van der Waals surface area contributed by atoms with E-state index in [1.165, 1.54) is 0 Å². The summed E-state index contributed by atoms with van der Waals surface area (Å²) < 4.78 is 11.0. The Morgan fingerprint density at radius 2 is 1.21 bits per heavy atom. The summed E-state index contributed by atoms with van der Waals surface area (Å²) >= 11 is 12.6. The van der Waals surface area contributed by atoms with Crippen LogP contribution in [-0.4, -0.2) is 79.7 Å². The molecule has 4 aromatic carbocycles. The lowest BCUT2D eigenvalue weighted by molar-refractivity contribution is -0.133. The van der Waals surface area contributed by atoms with Crippen LogP contribution in [0.3, 0.4) is 0 Å². The summed E-state index contributed by atoms with van der Waals surface area (Å²) in [6, 6.07) is 22.2. The maximum absolute atomic E-state index is 13.4. The van der Waals surface area contributed by atoms with Gasteiger partial charge in [0.15, 0.2) is 0 Å². The van der Waals surface area contributed by atoms with E-state index < -0.39 is 6.04 Å². The van der Waals surface area contributed by atoms with Crippen molar-refractivity contribution in [2.75, 3.05) is 57.6 Å². The van der Waals surface area contributed by atoms with Gasteiger partial charge in [0.2, 0.25) is 11.8 Å². The van der Waals surface area contributed by atoms with Crippen molar-refractivity contribution >= 4 is 90.0 Å². The van der Waals surface area contributed by atoms with E-state index in [2.05, 4.69) is 16.0 Å². The molecule has 0 radical (unpaired) electrons. The third-order valence-corrected chi connectivity index (χ3v) is 9.60. The van der Waals surface area contributed by atoms with E-state index in [-0.39, 0.29) is 18.4 Å². The lowest BCUT2D eigenvalue weighted by Gasteiger charge is -2.24. The number of carbonyl (C=O) groups excluding carboxylic acids is 2. The lowest BCUT2D eigenvalue weighted by atomic mass is 10.1. The molecule has 6 aromatic rings. The summed E-state index contributed by atoms with van der Waals surface area (Å²) in [6.45, 7) is 3.73. The Bertz CT molecular complexity index is 2280. The SMILES string of the molecule is COc1ccc2nc3cc(Cl)ccc3c(NCCCCN(CCCNc3c4ccc(Cl)cc4nc4ccc(OC)cc34)C(=O)CNC(=O)[C@H](C)N)c2c1. The number of rotatable bonds is 16. The van der Waals surface area contributed by atoms with Gasteiger partial charge in [-0.15, -0.1) is 0 Å². The van der Waals surface area contributed by atoms with E-state index in [1.54, 1.807) is 26.0 Å². The van der Waals surface area contributed by atoms with E-state index >= 15 is 0 Å². The van der Waals surface area contributed by atoms with Gasteiger partial charge in [0.25, 0.3) is 0 Å². The lowest BCUT2D eigenvalue weighted by Crippen LogP contribution is -2.45. The number of nitrogens with zero attached hydrogens (tertiary/aromatic N) is 3. The molecule has 0 saturated heterocycles. The van der Waals surface area contributed by atoms with Crippen LogP contribution in [-0.2, 0) is 9.59 Å². The minimum Gasteiger partial charge on any atom is -0.497 e. The Morgan fingerprint density at radius 1 is 0.698 bits per heavy atom. The summed E-state index contributed by atoms with van der Waals surface area (Å²) in [4.78, 5) is 37.0. The predicted octanol–water partition coefficient (Wildman–Crippen LogP) is 7.40. The molecule has 0 aliphatic heterocycles. The quantitative estimate of drug-likeness (QED) is 0.0587. The van der Waals surface area contributed by atoms with Crippen molar-refractivity contribution in [2.24, 2.45) is 5.73 Å². The Kier molecular flexibility index (Phi) is 12.2. The second-order valence-electron chi connectivity index (χ2n) is 12.9. The van der Waals surface area contributed by atoms with Gasteiger partial charge in [-0.25, -0.2) is 9.97 Å². The number of methoxy groups -OCH3 is 2. The summed E-state index contributed by atoms with van der Waals surface area (Å²) in [5.74, 6) is 0.933. The fourth-order valence-corrected chi connectivity index (χ4v) is 6.68. The van der Waals surface area contributed by atoms with Crippen LogP contribution >= 0.6 is 23.2 Å². The topological polar surface area (TPSA) is 144 Å². The monoisotopic (exact) mass is 755 g/mol. The summed E-state index contributed by atoms with van der Waals surface area (Å²) in [5.41, 5.74) is 10.8. The van der Waals surface area contributed by atoms with Crippen LogP contribution < -0.4 is 31.2 Å². The summed E-state index contributed by atoms with van der Waals surface area (Å²) in [5, 5.41) is 14.9. The third kappa shape index (κ3) is 8.93. The molecule has 0 aliphatic carbocycles. The van der Waals surface area contributed by atoms with Crippen LogP contribution in [0.5, 0.6) is 11.5 Å². The molecule has 0 spiro atoms. The molecule has 0 saturated carbocycles. The molecule has 2 heterocycles. The second kappa shape index (κ2) is 17.2. The first-order valence-corrected chi connectivity index (χ1v) is 18.3. The molecule has 0 fully saturated rings. The summed E-state index contributed by atoms with van der Waals surface area (Å²) in [7, 11) is 3.28. The first-order chi connectivity index (χ1) is 25.6. The number of anilines is 2. The van der Waals surface area contributed by atoms with Crippen LogP contribution in [0.15, 0.2) is 72.8 Å². The molecular weight excluding hydrogens is 713 g/mol. The molecule has 6 rings (SSSR count). The molecule has 11 nitrogen and oxygen atoms in total. The van der Waals surface area contributed by atoms with Gasteiger partial charge in [0, 0.05) is 57.8 Å². The number of nitrogens with two attached hydrogens (primary N) is 1. The van der Waals surface area contributed by atoms with Gasteiger partial charge in [-0.1, -0.05) is 23.2 Å². The van der Waals surface area contributed by atoms with Crippen molar-refractivity contribution in [3.05, 3.63) is 82.8 Å². The zero-order chi connectivity index (χ0) is 37.5. The van der Waals surface area contributed by atoms with Gasteiger partial charge >= 0.3 is 0 Å². The predicted molar refractivity (Wildman–Crippen MR) is 216 cm³/mol. The number of benzene rings is 4. The van der Waals surface area contributed by atoms with Gasteiger partial charge < -0.3 is 36.1 Å². The van der Waals surface area contributed by atoms with E-state index in [4.69, 9.17) is 48.4 Å². The normalized spacial score (nSPS) is 11.9. The van der Waals surface area contributed by atoms with Crippen molar-refractivity contribution in [3.63, 3.8) is 0 Å². The molecule has 0 unspecified atom stereocenters. The highest BCUT2D eigenvalue weighted by Gasteiger charge is 2.17. The molecule has 2 aromatic heterocycles. The molecule has 276 valence electrons. The van der Waals surface area contributed by atoms with Crippen LogP contribution in [0, 0.1) is 0 Å². The van der Waals surface area contributed by atoms with E-state index in [1.807, 2.05) is 72.8 Å². The first-order valence-electron chi connectivity index (χ1n) is 17.6. The van der Waals surface area contributed by atoms with Gasteiger partial charge in [0.1, 0.15) is 11.5 Å². The number of nitrogens with one attached hydrogen (secondary N) is 3. The molecule has 1 atom stereocenters. The standard InChI is InChI=1S/C40H43Cl2N7O4/c1-24(43)40(51)46-23-37(50)49(18-6-16-45-39-30-12-8-26(42)20-36(30)48-34-14-10-28(53-3)22-32(34)39)17-5-4-15-44-38-29-11-7-25(41)19-35(29)47-33-13-9-27(52-2)21-31(33)38/h7-14,19-22,24H,4-6,15-18,23,43H2,1-3H3,(H,44,47)(H,45,48)(H,46,51)/t24-/m0/s1. The summed E-state index contributed by atoms with van der Waals surface area (Å²) in [6.07, 6.45) is 2.19. The average Bonchev–Trinajstić information content (AvgIpc) is 3.15. The van der Waals surface area contributed by atoms with E-state index in [9.17, 15) is 9.59 Å². The number of aromatic nitrogens is 2. The molecule has 0 bridgehead atoms. The highest BCUT2D eigenvalue weighted by molar-refractivity contribution is 6.32. The second-order valence-corrected chi connectivity index (χ2v) is 13.7.